The Morgan fingerprint density at radius 3 is 2.58 bits per heavy atom. The van der Waals surface area contributed by atoms with Crippen molar-refractivity contribution in [1.29, 1.82) is 0 Å². The minimum Gasteiger partial charge on any atom is -0.481 e. The number of benzene rings is 2. The lowest BCUT2D eigenvalue weighted by Crippen LogP contribution is -2.32. The van der Waals surface area contributed by atoms with E-state index in [1.807, 2.05) is 19.1 Å². The summed E-state index contributed by atoms with van der Waals surface area (Å²) < 4.78 is 19.1. The highest BCUT2D eigenvalue weighted by Gasteiger charge is 2.27. The molecule has 0 saturated heterocycles. The molecule has 1 aliphatic rings. The molecule has 2 atom stereocenters. The smallest absolute Gasteiger partial charge is 0.144 e. The van der Waals surface area contributed by atoms with E-state index in [0.717, 1.165) is 22.6 Å². The van der Waals surface area contributed by atoms with Crippen LogP contribution in [0.25, 0.3) is 0 Å². The normalized spacial score (nSPS) is 21.2. The van der Waals surface area contributed by atoms with E-state index >= 15 is 0 Å². The molecule has 2 unspecified atom stereocenters. The van der Waals surface area contributed by atoms with Crippen molar-refractivity contribution in [3.05, 3.63) is 59.4 Å². The predicted octanol–water partition coefficient (Wildman–Crippen LogP) is 4.07. The first kappa shape index (κ1) is 12.0. The Hall–Kier alpha value is -2.03. The Kier molecular flexibility index (Phi) is 2.90. The molecule has 0 bridgehead atoms. The zero-order valence-corrected chi connectivity index (χ0v) is 11.0. The Morgan fingerprint density at radius 1 is 1.11 bits per heavy atom. The molecule has 2 aromatic rings. The minimum atomic E-state index is -0.226. The number of rotatable bonds is 1. The lowest BCUT2D eigenvalue weighted by atomic mass is 10.0. The number of ether oxygens (including phenoxy) is 1. The summed E-state index contributed by atoms with van der Waals surface area (Å²) in [4.78, 5) is 0. The molecule has 19 heavy (non-hydrogen) atoms. The molecule has 0 fully saturated rings. The first-order chi connectivity index (χ1) is 9.13. The van der Waals surface area contributed by atoms with Gasteiger partial charge in [-0.2, -0.15) is 0 Å². The third-order valence-corrected chi connectivity index (χ3v) is 3.43. The predicted molar refractivity (Wildman–Crippen MR) is 74.0 cm³/mol. The second-order valence-corrected chi connectivity index (χ2v) is 5.02. The standard InChI is InChI=1S/C16H16FNO/c1-10-3-8-14-15(9-10)19-16(11(2)18-14)12-4-6-13(17)7-5-12/h3-9,11,16,18H,1-2H3. The van der Waals surface area contributed by atoms with Gasteiger partial charge in [0.25, 0.3) is 0 Å². The topological polar surface area (TPSA) is 21.3 Å². The second-order valence-electron chi connectivity index (χ2n) is 5.02. The van der Waals surface area contributed by atoms with E-state index in [2.05, 4.69) is 18.3 Å². The molecule has 0 radical (unpaired) electrons. The van der Waals surface area contributed by atoms with Crippen LogP contribution in [0, 0.1) is 12.7 Å². The van der Waals surface area contributed by atoms with Gasteiger partial charge in [-0.15, -0.1) is 0 Å². The lowest BCUT2D eigenvalue weighted by molar-refractivity contribution is 0.177. The average Bonchev–Trinajstić information content (AvgIpc) is 2.40. The van der Waals surface area contributed by atoms with Gasteiger partial charge < -0.3 is 10.1 Å². The fourth-order valence-electron chi connectivity index (χ4n) is 2.42. The van der Waals surface area contributed by atoms with Crippen LogP contribution in [0.5, 0.6) is 5.75 Å². The molecule has 2 nitrogen and oxygen atoms in total. The number of anilines is 1. The van der Waals surface area contributed by atoms with Crippen LogP contribution in [0.2, 0.25) is 0 Å². The summed E-state index contributed by atoms with van der Waals surface area (Å²) in [5, 5.41) is 3.43. The Balaban J connectivity index is 1.94. The van der Waals surface area contributed by atoms with Gasteiger partial charge in [0.1, 0.15) is 17.7 Å². The van der Waals surface area contributed by atoms with Gasteiger partial charge in [-0.3, -0.25) is 0 Å². The highest BCUT2D eigenvalue weighted by molar-refractivity contribution is 5.60. The largest absolute Gasteiger partial charge is 0.481 e. The molecule has 0 spiro atoms. The second kappa shape index (κ2) is 4.57. The summed E-state index contributed by atoms with van der Waals surface area (Å²) >= 11 is 0. The SMILES string of the molecule is Cc1ccc2c(c1)OC(c1ccc(F)cc1)C(C)N2. The molecule has 1 heterocycles. The maximum absolute atomic E-state index is 13.0. The van der Waals surface area contributed by atoms with Crippen LogP contribution in [-0.2, 0) is 0 Å². The van der Waals surface area contributed by atoms with Crippen LogP contribution < -0.4 is 10.1 Å². The number of nitrogens with one attached hydrogen (secondary N) is 1. The van der Waals surface area contributed by atoms with Crippen molar-refractivity contribution < 1.29 is 9.13 Å². The Bertz CT molecular complexity index is 594. The van der Waals surface area contributed by atoms with Gasteiger partial charge in [-0.25, -0.2) is 4.39 Å². The fourth-order valence-corrected chi connectivity index (χ4v) is 2.42. The third-order valence-electron chi connectivity index (χ3n) is 3.43. The van der Waals surface area contributed by atoms with Gasteiger partial charge >= 0.3 is 0 Å². The number of halogens is 1. The summed E-state index contributed by atoms with van der Waals surface area (Å²) in [6.07, 6.45) is -0.102. The van der Waals surface area contributed by atoms with E-state index < -0.39 is 0 Å². The van der Waals surface area contributed by atoms with E-state index in [0.29, 0.717) is 0 Å². The van der Waals surface area contributed by atoms with Gasteiger partial charge in [-0.1, -0.05) is 18.2 Å². The molecular weight excluding hydrogens is 241 g/mol. The molecule has 3 heteroatoms. The van der Waals surface area contributed by atoms with Crippen molar-refractivity contribution in [3.63, 3.8) is 0 Å². The van der Waals surface area contributed by atoms with Gasteiger partial charge in [0.15, 0.2) is 0 Å². The van der Waals surface area contributed by atoms with Crippen LogP contribution in [0.15, 0.2) is 42.5 Å². The highest BCUT2D eigenvalue weighted by Crippen LogP contribution is 2.37. The molecule has 0 aromatic heterocycles. The van der Waals surface area contributed by atoms with Crippen LogP contribution in [0.1, 0.15) is 24.2 Å². The summed E-state index contributed by atoms with van der Waals surface area (Å²) in [5.41, 5.74) is 3.15. The van der Waals surface area contributed by atoms with Crippen molar-refractivity contribution in [3.8, 4) is 5.75 Å². The average molecular weight is 257 g/mol. The molecule has 1 N–H and O–H groups in total. The van der Waals surface area contributed by atoms with Crippen molar-refractivity contribution in [1.82, 2.24) is 0 Å². The first-order valence-electron chi connectivity index (χ1n) is 6.43. The summed E-state index contributed by atoms with van der Waals surface area (Å²) in [6, 6.07) is 12.7. The van der Waals surface area contributed by atoms with Gasteiger partial charge in [0.2, 0.25) is 0 Å². The number of aryl methyl sites for hydroxylation is 1. The molecule has 1 aliphatic heterocycles. The molecule has 2 aromatic carbocycles. The van der Waals surface area contributed by atoms with Crippen molar-refractivity contribution in [2.45, 2.75) is 26.0 Å². The third kappa shape index (κ3) is 2.28. The highest BCUT2D eigenvalue weighted by atomic mass is 19.1. The van der Waals surface area contributed by atoms with Crippen molar-refractivity contribution in [2.24, 2.45) is 0 Å². The number of hydrogen-bond donors (Lipinski definition) is 1. The molecular formula is C16H16FNO. The zero-order valence-electron chi connectivity index (χ0n) is 11.0. The van der Waals surface area contributed by atoms with Crippen LogP contribution >= 0.6 is 0 Å². The maximum atomic E-state index is 13.0. The summed E-state index contributed by atoms with van der Waals surface area (Å²) in [5.74, 6) is 0.629. The molecule has 0 amide bonds. The monoisotopic (exact) mass is 257 g/mol. The summed E-state index contributed by atoms with van der Waals surface area (Å²) in [6.45, 7) is 4.10. The fraction of sp³-hybridized carbons (Fsp3) is 0.250. The number of hydrogen-bond acceptors (Lipinski definition) is 2. The molecule has 3 rings (SSSR count). The van der Waals surface area contributed by atoms with E-state index in [4.69, 9.17) is 4.74 Å². The Morgan fingerprint density at radius 2 is 1.84 bits per heavy atom. The first-order valence-corrected chi connectivity index (χ1v) is 6.43. The van der Waals surface area contributed by atoms with E-state index in [9.17, 15) is 4.39 Å². The molecule has 0 saturated carbocycles. The van der Waals surface area contributed by atoms with Crippen LogP contribution in [-0.4, -0.2) is 6.04 Å². The van der Waals surface area contributed by atoms with E-state index in [1.165, 1.54) is 12.1 Å². The maximum Gasteiger partial charge on any atom is 0.144 e. The van der Waals surface area contributed by atoms with Crippen molar-refractivity contribution in [2.75, 3.05) is 5.32 Å². The van der Waals surface area contributed by atoms with Gasteiger partial charge in [0, 0.05) is 0 Å². The van der Waals surface area contributed by atoms with Crippen LogP contribution in [0.4, 0.5) is 10.1 Å². The quantitative estimate of drug-likeness (QED) is 0.831. The van der Waals surface area contributed by atoms with E-state index in [-0.39, 0.29) is 18.0 Å². The van der Waals surface area contributed by atoms with E-state index in [1.54, 1.807) is 12.1 Å². The zero-order chi connectivity index (χ0) is 13.4. The lowest BCUT2D eigenvalue weighted by Gasteiger charge is -2.33. The number of fused-ring (bicyclic) bond motifs is 1. The summed E-state index contributed by atoms with van der Waals surface area (Å²) in [7, 11) is 0. The van der Waals surface area contributed by atoms with Crippen LogP contribution in [0.3, 0.4) is 0 Å². The van der Waals surface area contributed by atoms with Crippen molar-refractivity contribution >= 4 is 5.69 Å². The Labute approximate surface area is 112 Å². The molecule has 0 aliphatic carbocycles. The van der Waals surface area contributed by atoms with Gasteiger partial charge in [0.05, 0.1) is 11.7 Å². The minimum absolute atomic E-state index is 0.102. The van der Waals surface area contributed by atoms with Gasteiger partial charge in [-0.05, 0) is 49.2 Å². The molecule has 98 valence electrons.